The van der Waals surface area contributed by atoms with Crippen molar-refractivity contribution in [3.05, 3.63) is 0 Å². The quantitative estimate of drug-likeness (QED) is 0.216. The average Bonchev–Trinajstić information content (AvgIpc) is 1.89. The van der Waals surface area contributed by atoms with Gasteiger partial charge in [-0.2, -0.15) is 0 Å². The maximum atomic E-state index is 9.25. The Morgan fingerprint density at radius 2 is 1.09 bits per heavy atom. The summed E-state index contributed by atoms with van der Waals surface area (Å²) in [6.07, 6.45) is 0. The number of carbonyl (C=O) groups excluding carboxylic acids is 2. The van der Waals surface area contributed by atoms with E-state index < -0.39 is 11.9 Å². The third-order valence-corrected chi connectivity index (χ3v) is 1.46. The van der Waals surface area contributed by atoms with Crippen LogP contribution in [0.3, 0.4) is 0 Å². The minimum atomic E-state index is -1.01. The van der Waals surface area contributed by atoms with Gasteiger partial charge in [0.2, 0.25) is 0 Å². The van der Waals surface area contributed by atoms with Crippen LogP contribution < -0.4 is 10.2 Å². The molecule has 7 heteroatoms. The summed E-state index contributed by atoms with van der Waals surface area (Å²) >= 11 is 3.43. The van der Waals surface area contributed by atoms with Gasteiger partial charge < -0.3 is 19.8 Å². The van der Waals surface area contributed by atoms with E-state index in [1.54, 1.807) is 45.2 Å². The standard InChI is InChI=1S/2C2H3IO2.Pb/c2*3-1-2(4)5;/h2*1H2,(H,4,5);/q;;+2/p-2. The molecule has 0 bridgehead atoms. The van der Waals surface area contributed by atoms with Crippen LogP contribution in [0.25, 0.3) is 0 Å². The summed E-state index contributed by atoms with van der Waals surface area (Å²) in [5.41, 5.74) is 0. The number of hydrogen-bond acceptors (Lipinski definition) is 4. The molecule has 11 heavy (non-hydrogen) atoms. The topological polar surface area (TPSA) is 80.3 Å². The van der Waals surface area contributed by atoms with Crippen molar-refractivity contribution in [1.82, 2.24) is 0 Å². The molecule has 0 aliphatic carbocycles. The fraction of sp³-hybridized carbons (Fsp3) is 0.500. The second-order valence-corrected chi connectivity index (χ2v) is 2.54. The molecule has 0 rings (SSSR count). The molecule has 0 fully saturated rings. The molecule has 0 saturated heterocycles. The van der Waals surface area contributed by atoms with E-state index in [1.807, 2.05) is 0 Å². The Labute approximate surface area is 112 Å². The predicted octanol–water partition coefficient (Wildman–Crippen LogP) is -2.04. The van der Waals surface area contributed by atoms with Crippen molar-refractivity contribution in [2.24, 2.45) is 0 Å². The summed E-state index contributed by atoms with van der Waals surface area (Å²) in [7, 11) is 0. The fourth-order valence-corrected chi connectivity index (χ4v) is 0. The molecule has 0 unspecified atom stereocenters. The Hall–Kier alpha value is 1.32. The van der Waals surface area contributed by atoms with Crippen molar-refractivity contribution in [2.75, 3.05) is 8.86 Å². The van der Waals surface area contributed by atoms with Crippen LogP contribution in [0.4, 0.5) is 0 Å². The van der Waals surface area contributed by atoms with Crippen LogP contribution in [0, 0.1) is 0 Å². The predicted molar refractivity (Wildman–Crippen MR) is 53.5 cm³/mol. The van der Waals surface area contributed by atoms with Gasteiger partial charge in [0.15, 0.2) is 0 Å². The average molecular weight is 577 g/mol. The molecule has 4 nitrogen and oxygen atoms in total. The number of halogens is 2. The molecule has 0 aliphatic rings. The SMILES string of the molecule is O=C([O-])CI.O=C([O-])CI.[Pb+2]. The fourth-order valence-electron chi connectivity index (χ4n) is 0. The zero-order valence-corrected chi connectivity index (χ0v) is 13.5. The number of alkyl halides is 2. The van der Waals surface area contributed by atoms with Crippen LogP contribution in [0.2, 0.25) is 0 Å². The Morgan fingerprint density at radius 1 is 1.00 bits per heavy atom. The molecule has 0 amide bonds. The number of hydrogen-bond donors (Lipinski definition) is 0. The van der Waals surface area contributed by atoms with Crippen LogP contribution in [0.5, 0.6) is 0 Å². The van der Waals surface area contributed by atoms with Crippen LogP contribution in [0.1, 0.15) is 0 Å². The van der Waals surface area contributed by atoms with Crippen LogP contribution in [-0.2, 0) is 9.59 Å². The molecular formula is C4H4I2O4Pb. The summed E-state index contributed by atoms with van der Waals surface area (Å²) in [6, 6.07) is 0. The van der Waals surface area contributed by atoms with E-state index >= 15 is 0 Å². The molecule has 0 aliphatic heterocycles. The first-order chi connectivity index (χ1) is 4.54. The van der Waals surface area contributed by atoms with Crippen LogP contribution >= 0.6 is 45.2 Å². The molecule has 2 radical (unpaired) electrons. The van der Waals surface area contributed by atoms with Crippen LogP contribution in [0.15, 0.2) is 0 Å². The summed E-state index contributed by atoms with van der Waals surface area (Å²) in [5.74, 6) is -2.02. The van der Waals surface area contributed by atoms with E-state index in [2.05, 4.69) is 0 Å². The number of carboxylic acid groups (broad SMARTS) is 2. The van der Waals surface area contributed by atoms with Gasteiger partial charge in [-0.1, -0.05) is 45.2 Å². The molecule has 0 aromatic carbocycles. The van der Waals surface area contributed by atoms with Crippen molar-refractivity contribution in [3.8, 4) is 0 Å². The zero-order valence-electron chi connectivity index (χ0n) is 5.30. The zero-order chi connectivity index (χ0) is 8.57. The molecule has 0 heterocycles. The molecule has 62 valence electrons. The van der Waals surface area contributed by atoms with Crippen molar-refractivity contribution in [2.45, 2.75) is 0 Å². The van der Waals surface area contributed by atoms with Gasteiger partial charge in [0.25, 0.3) is 0 Å². The van der Waals surface area contributed by atoms with Gasteiger partial charge in [0.1, 0.15) is 0 Å². The smallest absolute Gasteiger partial charge is 0.549 e. The Morgan fingerprint density at radius 3 is 1.09 bits per heavy atom. The maximum Gasteiger partial charge on any atom is 2.00 e. The van der Waals surface area contributed by atoms with Gasteiger partial charge in [-0.3, -0.25) is 0 Å². The number of carbonyl (C=O) groups is 2. The number of rotatable bonds is 2. The normalized spacial score (nSPS) is 6.73. The van der Waals surface area contributed by atoms with Gasteiger partial charge >= 0.3 is 27.3 Å². The maximum absolute atomic E-state index is 9.25. The van der Waals surface area contributed by atoms with Crippen molar-refractivity contribution in [3.63, 3.8) is 0 Å². The first-order valence-corrected chi connectivity index (χ1v) is 5.11. The van der Waals surface area contributed by atoms with Crippen molar-refractivity contribution in [1.29, 1.82) is 0 Å². The minimum absolute atomic E-state index is 0. The molecule has 0 spiro atoms. The first-order valence-electron chi connectivity index (χ1n) is 2.06. The van der Waals surface area contributed by atoms with E-state index in [4.69, 9.17) is 0 Å². The van der Waals surface area contributed by atoms with E-state index in [0.29, 0.717) is 0 Å². The van der Waals surface area contributed by atoms with Crippen molar-refractivity contribution >= 4 is 84.4 Å². The van der Waals surface area contributed by atoms with Crippen molar-refractivity contribution < 1.29 is 19.8 Å². The largest absolute Gasteiger partial charge is 2.00 e. The number of aliphatic carboxylic acids is 2. The molecule has 0 aromatic heterocycles. The molecule has 0 atom stereocenters. The monoisotopic (exact) mass is 578 g/mol. The molecule has 0 aromatic rings. The summed E-state index contributed by atoms with van der Waals surface area (Å²) < 4.78 is 0.162. The summed E-state index contributed by atoms with van der Waals surface area (Å²) in [4.78, 5) is 18.5. The second-order valence-electron chi connectivity index (χ2n) is 1.01. The summed E-state index contributed by atoms with van der Waals surface area (Å²) in [5, 5.41) is 18.5. The molecular weight excluding hydrogens is 573 g/mol. The number of carboxylic acids is 2. The van der Waals surface area contributed by atoms with Crippen LogP contribution in [-0.4, -0.2) is 48.1 Å². The van der Waals surface area contributed by atoms with Gasteiger partial charge in [0.05, 0.1) is 11.9 Å². The molecule has 0 saturated carbocycles. The van der Waals surface area contributed by atoms with Gasteiger partial charge in [-0.25, -0.2) is 0 Å². The van der Waals surface area contributed by atoms with E-state index in [0.717, 1.165) is 0 Å². The van der Waals surface area contributed by atoms with E-state index in [-0.39, 0.29) is 36.2 Å². The second kappa shape index (κ2) is 13.9. The van der Waals surface area contributed by atoms with E-state index in [9.17, 15) is 19.8 Å². The van der Waals surface area contributed by atoms with E-state index in [1.165, 1.54) is 0 Å². The third kappa shape index (κ3) is 34.7. The van der Waals surface area contributed by atoms with Gasteiger partial charge in [-0.05, 0) is 0 Å². The molecule has 0 N–H and O–H groups in total. The Kier molecular flexibility index (Phi) is 22.9. The Balaban J connectivity index is -0.000000107. The van der Waals surface area contributed by atoms with Gasteiger partial charge in [0, 0.05) is 8.86 Å². The first kappa shape index (κ1) is 18.2. The summed E-state index contributed by atoms with van der Waals surface area (Å²) in [6.45, 7) is 0. The minimum Gasteiger partial charge on any atom is -0.549 e. The van der Waals surface area contributed by atoms with Gasteiger partial charge in [-0.15, -0.1) is 0 Å². The third-order valence-electron chi connectivity index (χ3n) is 0.218. The Bertz CT molecular complexity index is 105.